The largest absolute Gasteiger partial charge is 0.368 e. The highest BCUT2D eigenvalue weighted by atomic mass is 79.9. The lowest BCUT2D eigenvalue weighted by Gasteiger charge is -2.39. The topological polar surface area (TPSA) is 6.48 Å². The van der Waals surface area contributed by atoms with Gasteiger partial charge in [-0.3, -0.25) is 4.90 Å². The Labute approximate surface area is 126 Å². The van der Waals surface area contributed by atoms with Crippen molar-refractivity contribution >= 4 is 37.5 Å². The molecule has 2 nitrogen and oxygen atoms in total. The van der Waals surface area contributed by atoms with E-state index >= 15 is 0 Å². The van der Waals surface area contributed by atoms with Crippen molar-refractivity contribution in [2.24, 2.45) is 0 Å². The highest BCUT2D eigenvalue weighted by Crippen LogP contribution is 2.31. The summed E-state index contributed by atoms with van der Waals surface area (Å²) in [7, 11) is 0. The molecule has 98 valence electrons. The van der Waals surface area contributed by atoms with Gasteiger partial charge in [-0.1, -0.05) is 37.9 Å². The van der Waals surface area contributed by atoms with Gasteiger partial charge >= 0.3 is 0 Å². The fraction of sp³-hybridized carbons (Fsp3) is 0.571. The summed E-state index contributed by atoms with van der Waals surface area (Å²) in [5.41, 5.74) is 2.79. The van der Waals surface area contributed by atoms with Gasteiger partial charge in [-0.05, 0) is 37.1 Å². The second kappa shape index (κ2) is 5.51. The van der Waals surface area contributed by atoms with Crippen molar-refractivity contribution in [3.63, 3.8) is 0 Å². The van der Waals surface area contributed by atoms with Crippen LogP contribution in [0, 0.1) is 0 Å². The van der Waals surface area contributed by atoms with Gasteiger partial charge in [0.2, 0.25) is 0 Å². The Morgan fingerprint density at radius 2 is 2.11 bits per heavy atom. The minimum absolute atomic E-state index is 0.779. The molecule has 1 atom stereocenters. The van der Waals surface area contributed by atoms with E-state index in [2.05, 4.69) is 59.9 Å². The predicted molar refractivity (Wildman–Crippen MR) is 83.6 cm³/mol. The summed E-state index contributed by atoms with van der Waals surface area (Å²) in [5, 5.41) is 0.931. The van der Waals surface area contributed by atoms with Crippen molar-refractivity contribution < 1.29 is 0 Å². The maximum atomic E-state index is 3.60. The molecule has 0 amide bonds. The Morgan fingerprint density at radius 3 is 2.94 bits per heavy atom. The molecule has 2 fully saturated rings. The number of hydrogen-bond donors (Lipinski definition) is 0. The van der Waals surface area contributed by atoms with Gasteiger partial charge in [0.05, 0.1) is 0 Å². The monoisotopic (exact) mass is 372 g/mol. The van der Waals surface area contributed by atoms with Gasteiger partial charge in [-0.15, -0.1) is 0 Å². The number of hydrogen-bond acceptors (Lipinski definition) is 2. The lowest BCUT2D eigenvalue weighted by molar-refractivity contribution is 0.231. The molecule has 0 N–H and O–H groups in total. The van der Waals surface area contributed by atoms with E-state index in [1.54, 1.807) is 0 Å². The zero-order valence-electron chi connectivity index (χ0n) is 10.4. The van der Waals surface area contributed by atoms with E-state index in [9.17, 15) is 0 Å². The van der Waals surface area contributed by atoms with Crippen molar-refractivity contribution in [1.29, 1.82) is 0 Å². The van der Waals surface area contributed by atoms with Crippen LogP contribution in [-0.2, 0) is 5.33 Å². The first-order chi connectivity index (χ1) is 8.78. The molecule has 3 rings (SSSR count). The average molecular weight is 374 g/mol. The molecule has 1 aromatic rings. The van der Waals surface area contributed by atoms with E-state index in [-0.39, 0.29) is 0 Å². The van der Waals surface area contributed by atoms with Gasteiger partial charge in [0.1, 0.15) is 0 Å². The minimum Gasteiger partial charge on any atom is -0.368 e. The molecular formula is C14H18Br2N2. The number of fused-ring (bicyclic) bond motifs is 1. The molecule has 0 bridgehead atoms. The van der Waals surface area contributed by atoms with E-state index in [4.69, 9.17) is 0 Å². The molecule has 2 heterocycles. The molecule has 0 radical (unpaired) electrons. The molecule has 0 aliphatic carbocycles. The third-order valence-corrected chi connectivity index (χ3v) is 5.22. The van der Waals surface area contributed by atoms with Crippen LogP contribution in [0.2, 0.25) is 0 Å². The molecule has 4 heteroatoms. The van der Waals surface area contributed by atoms with E-state index in [1.807, 2.05) is 0 Å². The van der Waals surface area contributed by atoms with Crippen LogP contribution in [0.5, 0.6) is 0 Å². The summed E-state index contributed by atoms with van der Waals surface area (Å²) in [6, 6.07) is 7.39. The molecule has 0 aromatic heterocycles. The summed E-state index contributed by atoms with van der Waals surface area (Å²) in [6.07, 6.45) is 2.75. The minimum atomic E-state index is 0.779. The lowest BCUT2D eigenvalue weighted by Crippen LogP contribution is -2.50. The normalized spacial score (nSPS) is 24.3. The van der Waals surface area contributed by atoms with E-state index < -0.39 is 0 Å². The predicted octanol–water partition coefficient (Wildman–Crippen LogP) is 3.63. The highest BCUT2D eigenvalue weighted by Gasteiger charge is 2.31. The maximum absolute atomic E-state index is 3.60. The molecule has 2 aliphatic rings. The second-order valence-corrected chi connectivity index (χ2v) is 6.66. The van der Waals surface area contributed by atoms with Gasteiger partial charge in [-0.2, -0.15) is 0 Å². The second-order valence-electron chi connectivity index (χ2n) is 5.18. The van der Waals surface area contributed by atoms with Gasteiger partial charge < -0.3 is 4.90 Å². The van der Waals surface area contributed by atoms with Gasteiger partial charge in [-0.25, -0.2) is 0 Å². The van der Waals surface area contributed by atoms with E-state index in [0.29, 0.717) is 0 Å². The van der Waals surface area contributed by atoms with Crippen LogP contribution < -0.4 is 4.90 Å². The first kappa shape index (κ1) is 12.9. The number of piperazine rings is 1. The fourth-order valence-electron chi connectivity index (χ4n) is 3.15. The zero-order chi connectivity index (χ0) is 12.5. The average Bonchev–Trinajstić information content (AvgIpc) is 2.85. The van der Waals surface area contributed by atoms with Gasteiger partial charge in [0, 0.05) is 41.2 Å². The summed E-state index contributed by atoms with van der Waals surface area (Å²) >= 11 is 7.20. The number of anilines is 1. The summed E-state index contributed by atoms with van der Waals surface area (Å²) in [6.45, 7) is 4.88. The highest BCUT2D eigenvalue weighted by molar-refractivity contribution is 9.10. The van der Waals surface area contributed by atoms with Crippen molar-refractivity contribution in [1.82, 2.24) is 4.90 Å². The van der Waals surface area contributed by atoms with E-state index in [0.717, 1.165) is 17.9 Å². The molecule has 0 spiro atoms. The van der Waals surface area contributed by atoms with Crippen molar-refractivity contribution in [2.45, 2.75) is 24.2 Å². The van der Waals surface area contributed by atoms with E-state index in [1.165, 1.54) is 48.2 Å². The number of benzene rings is 1. The van der Waals surface area contributed by atoms with Crippen LogP contribution in [0.3, 0.4) is 0 Å². The molecule has 1 unspecified atom stereocenters. The molecular weight excluding hydrogens is 356 g/mol. The number of alkyl halides is 1. The maximum Gasteiger partial charge on any atom is 0.0419 e. The smallest absolute Gasteiger partial charge is 0.0419 e. The number of halogens is 2. The Balaban J connectivity index is 1.84. The Bertz CT molecular complexity index is 436. The Hall–Kier alpha value is -0.0600. The van der Waals surface area contributed by atoms with Crippen molar-refractivity contribution in [2.75, 3.05) is 31.1 Å². The fourth-order valence-corrected chi connectivity index (χ4v) is 3.98. The third kappa shape index (κ3) is 2.47. The quantitative estimate of drug-likeness (QED) is 0.730. The summed E-state index contributed by atoms with van der Waals surface area (Å²) in [5.74, 6) is 0. The summed E-state index contributed by atoms with van der Waals surface area (Å²) in [4.78, 5) is 5.22. The Kier molecular flexibility index (Phi) is 3.97. The van der Waals surface area contributed by atoms with Crippen LogP contribution in [0.4, 0.5) is 5.69 Å². The number of nitrogens with zero attached hydrogens (tertiary/aromatic N) is 2. The van der Waals surface area contributed by atoms with Crippen LogP contribution in [0.15, 0.2) is 22.7 Å². The first-order valence-electron chi connectivity index (χ1n) is 6.61. The number of rotatable bonds is 2. The van der Waals surface area contributed by atoms with Crippen LogP contribution in [0.1, 0.15) is 18.4 Å². The van der Waals surface area contributed by atoms with Crippen LogP contribution >= 0.6 is 31.9 Å². The molecule has 0 saturated carbocycles. The van der Waals surface area contributed by atoms with Gasteiger partial charge in [0.15, 0.2) is 0 Å². The molecule has 2 saturated heterocycles. The van der Waals surface area contributed by atoms with Crippen LogP contribution in [-0.4, -0.2) is 37.1 Å². The molecule has 2 aliphatic heterocycles. The SMILES string of the molecule is BrCc1ccc(Br)cc1N1CCN2CCCC2C1. The zero-order valence-corrected chi connectivity index (χ0v) is 13.6. The molecule has 18 heavy (non-hydrogen) atoms. The van der Waals surface area contributed by atoms with Crippen LogP contribution in [0.25, 0.3) is 0 Å². The summed E-state index contributed by atoms with van der Waals surface area (Å²) < 4.78 is 1.18. The van der Waals surface area contributed by atoms with Crippen molar-refractivity contribution in [3.05, 3.63) is 28.2 Å². The molecule has 1 aromatic carbocycles. The Morgan fingerprint density at radius 1 is 1.22 bits per heavy atom. The van der Waals surface area contributed by atoms with Gasteiger partial charge in [0.25, 0.3) is 0 Å². The standard InChI is InChI=1S/C14H18Br2N2/c15-9-11-3-4-12(16)8-14(11)18-7-6-17-5-1-2-13(17)10-18/h3-4,8,13H,1-2,5-7,9-10H2. The third-order valence-electron chi connectivity index (χ3n) is 4.12. The lowest BCUT2D eigenvalue weighted by atomic mass is 10.1. The first-order valence-corrected chi connectivity index (χ1v) is 8.53. The van der Waals surface area contributed by atoms with Crippen molar-refractivity contribution in [3.8, 4) is 0 Å².